The zero-order valence-electron chi connectivity index (χ0n) is 17.2. The topological polar surface area (TPSA) is 67.2 Å². The zero-order chi connectivity index (χ0) is 20.7. The highest BCUT2D eigenvalue weighted by molar-refractivity contribution is 5.87. The Morgan fingerprint density at radius 3 is 2.40 bits per heavy atom. The van der Waals surface area contributed by atoms with Crippen molar-refractivity contribution in [2.75, 3.05) is 32.7 Å². The molecule has 0 aliphatic carbocycles. The maximum Gasteiger partial charge on any atom is 0.335 e. The number of aromatic carboxylic acids is 1. The smallest absolute Gasteiger partial charge is 0.335 e. The van der Waals surface area contributed by atoms with Crippen LogP contribution in [0.2, 0.25) is 0 Å². The molecule has 3 saturated heterocycles. The fourth-order valence-electron chi connectivity index (χ4n) is 5.72. The summed E-state index contributed by atoms with van der Waals surface area (Å²) in [6.07, 6.45) is 0.623. The molecule has 0 bridgehead atoms. The Balaban J connectivity index is 1.29. The number of aliphatic hydroxyl groups excluding tert-OH is 1. The van der Waals surface area contributed by atoms with Gasteiger partial charge in [0.05, 0.1) is 17.2 Å². The Labute approximate surface area is 177 Å². The third-order valence-electron chi connectivity index (χ3n) is 6.85. The molecular weight excluding hydrogens is 378 g/mol. The second-order valence-electron chi connectivity index (χ2n) is 9.23. The number of β-amino-alcohol motifs (C(OH)–C–C–N with tert-alkyl or cyclic N) is 1. The third kappa shape index (κ3) is 3.76. The number of carbonyl (C=O) groups is 1. The minimum atomic E-state index is -0.880. The number of piperazine rings is 1. The molecule has 2 atom stereocenters. The van der Waals surface area contributed by atoms with Crippen LogP contribution in [-0.4, -0.2) is 81.3 Å². The first kappa shape index (κ1) is 19.7. The molecule has 0 saturated carbocycles. The van der Waals surface area contributed by atoms with E-state index in [1.807, 2.05) is 12.1 Å². The van der Waals surface area contributed by atoms with E-state index in [0.717, 1.165) is 57.8 Å². The van der Waals surface area contributed by atoms with Crippen molar-refractivity contribution in [2.45, 2.75) is 37.2 Å². The lowest BCUT2D eigenvalue weighted by Gasteiger charge is -2.61. The molecule has 0 aromatic heterocycles. The Morgan fingerprint density at radius 1 is 0.933 bits per heavy atom. The van der Waals surface area contributed by atoms with Crippen molar-refractivity contribution < 1.29 is 15.0 Å². The predicted molar refractivity (Wildman–Crippen MR) is 114 cm³/mol. The highest BCUT2D eigenvalue weighted by atomic mass is 16.4. The molecule has 3 aliphatic heterocycles. The molecule has 5 rings (SSSR count). The van der Waals surface area contributed by atoms with Gasteiger partial charge in [-0.25, -0.2) is 4.79 Å². The molecule has 3 heterocycles. The van der Waals surface area contributed by atoms with Gasteiger partial charge in [-0.1, -0.05) is 42.5 Å². The number of hydrogen-bond acceptors (Lipinski definition) is 5. The summed E-state index contributed by atoms with van der Waals surface area (Å²) in [5, 5.41) is 19.6. The van der Waals surface area contributed by atoms with Gasteiger partial charge < -0.3 is 10.2 Å². The predicted octanol–water partition coefficient (Wildman–Crippen LogP) is 1.89. The van der Waals surface area contributed by atoms with Gasteiger partial charge in [0.25, 0.3) is 0 Å². The average molecular weight is 408 g/mol. The van der Waals surface area contributed by atoms with Gasteiger partial charge in [-0.15, -0.1) is 0 Å². The Morgan fingerprint density at radius 2 is 1.63 bits per heavy atom. The van der Waals surface area contributed by atoms with Gasteiger partial charge in [-0.05, 0) is 29.7 Å². The molecule has 1 spiro atoms. The lowest BCUT2D eigenvalue weighted by atomic mass is 9.83. The minimum Gasteiger partial charge on any atom is -0.478 e. The quantitative estimate of drug-likeness (QED) is 0.789. The monoisotopic (exact) mass is 407 g/mol. The van der Waals surface area contributed by atoms with Crippen LogP contribution in [0.1, 0.15) is 27.9 Å². The Kier molecular flexibility index (Phi) is 5.11. The number of carboxylic acid groups (broad SMARTS) is 1. The molecule has 0 unspecified atom stereocenters. The second kappa shape index (κ2) is 7.78. The summed E-state index contributed by atoms with van der Waals surface area (Å²) < 4.78 is 0. The highest BCUT2D eigenvalue weighted by Gasteiger charge is 2.55. The number of benzene rings is 2. The number of carboxylic acids is 1. The summed E-state index contributed by atoms with van der Waals surface area (Å²) in [5.41, 5.74) is 2.80. The van der Waals surface area contributed by atoms with E-state index in [1.54, 1.807) is 12.1 Å². The molecule has 30 heavy (non-hydrogen) atoms. The second-order valence-corrected chi connectivity index (χ2v) is 9.23. The molecule has 0 amide bonds. The number of aliphatic hydroxyl groups is 1. The average Bonchev–Trinajstić information content (AvgIpc) is 3.08. The maximum atomic E-state index is 11.3. The number of fused-ring (bicyclic) bond motifs is 2. The van der Waals surface area contributed by atoms with Crippen LogP contribution in [0.3, 0.4) is 0 Å². The van der Waals surface area contributed by atoms with Crippen LogP contribution in [0, 0.1) is 0 Å². The number of nitrogens with zero attached hydrogens (tertiary/aromatic N) is 3. The van der Waals surface area contributed by atoms with E-state index < -0.39 is 5.97 Å². The van der Waals surface area contributed by atoms with Crippen molar-refractivity contribution in [3.05, 3.63) is 71.3 Å². The first-order valence-electron chi connectivity index (χ1n) is 10.8. The van der Waals surface area contributed by atoms with Crippen molar-refractivity contribution in [3.63, 3.8) is 0 Å². The molecule has 3 aliphatic rings. The summed E-state index contributed by atoms with van der Waals surface area (Å²) in [6.45, 7) is 6.42. The van der Waals surface area contributed by atoms with Gasteiger partial charge in [0, 0.05) is 51.9 Å². The van der Waals surface area contributed by atoms with E-state index in [4.69, 9.17) is 0 Å². The molecule has 6 heteroatoms. The van der Waals surface area contributed by atoms with Gasteiger partial charge >= 0.3 is 5.97 Å². The van der Waals surface area contributed by atoms with Crippen LogP contribution in [0.5, 0.6) is 0 Å². The van der Waals surface area contributed by atoms with Crippen molar-refractivity contribution in [1.29, 1.82) is 0 Å². The van der Waals surface area contributed by atoms with Crippen LogP contribution < -0.4 is 0 Å². The van der Waals surface area contributed by atoms with Gasteiger partial charge in [0.15, 0.2) is 0 Å². The number of hydrogen-bond donors (Lipinski definition) is 2. The first-order valence-corrected chi connectivity index (χ1v) is 10.8. The zero-order valence-corrected chi connectivity index (χ0v) is 17.2. The molecule has 6 nitrogen and oxygen atoms in total. The van der Waals surface area contributed by atoms with Crippen LogP contribution in [0.15, 0.2) is 54.6 Å². The molecule has 2 aromatic rings. The molecule has 158 valence electrons. The summed E-state index contributed by atoms with van der Waals surface area (Å²) in [6, 6.07) is 18.3. The summed E-state index contributed by atoms with van der Waals surface area (Å²) in [4.78, 5) is 18.8. The van der Waals surface area contributed by atoms with Gasteiger partial charge in [0.1, 0.15) is 0 Å². The van der Waals surface area contributed by atoms with Crippen LogP contribution >= 0.6 is 0 Å². The van der Waals surface area contributed by atoms with E-state index in [-0.39, 0.29) is 11.6 Å². The molecule has 2 N–H and O–H groups in total. The fourth-order valence-corrected chi connectivity index (χ4v) is 5.72. The SMILES string of the molecule is O=C(O)c1cccc(CN2CC3(CN(Cc4ccccc4)C[C@H]4C[C@@H](O)CN43)C2)c1. The Bertz CT molecular complexity index is 913. The van der Waals surface area contributed by atoms with Gasteiger partial charge in [-0.3, -0.25) is 14.7 Å². The summed E-state index contributed by atoms with van der Waals surface area (Å²) in [5.74, 6) is -0.880. The van der Waals surface area contributed by atoms with E-state index in [0.29, 0.717) is 11.6 Å². The van der Waals surface area contributed by atoms with Gasteiger partial charge in [0.2, 0.25) is 0 Å². The van der Waals surface area contributed by atoms with Crippen molar-refractivity contribution >= 4 is 5.97 Å². The van der Waals surface area contributed by atoms with Crippen LogP contribution in [0.25, 0.3) is 0 Å². The van der Waals surface area contributed by atoms with Gasteiger partial charge in [-0.2, -0.15) is 0 Å². The molecule has 0 radical (unpaired) electrons. The summed E-state index contributed by atoms with van der Waals surface area (Å²) in [7, 11) is 0. The lowest BCUT2D eigenvalue weighted by Crippen LogP contribution is -2.77. The highest BCUT2D eigenvalue weighted by Crippen LogP contribution is 2.39. The largest absolute Gasteiger partial charge is 0.478 e. The minimum absolute atomic E-state index is 0.0829. The maximum absolute atomic E-state index is 11.3. The van der Waals surface area contributed by atoms with Crippen molar-refractivity contribution in [3.8, 4) is 0 Å². The van der Waals surface area contributed by atoms with E-state index in [1.165, 1.54) is 5.56 Å². The third-order valence-corrected chi connectivity index (χ3v) is 6.85. The van der Waals surface area contributed by atoms with Crippen molar-refractivity contribution in [2.24, 2.45) is 0 Å². The lowest BCUT2D eigenvalue weighted by molar-refractivity contribution is -0.118. The van der Waals surface area contributed by atoms with E-state index >= 15 is 0 Å². The van der Waals surface area contributed by atoms with Crippen LogP contribution in [0.4, 0.5) is 0 Å². The normalized spacial score (nSPS) is 26.4. The van der Waals surface area contributed by atoms with Crippen molar-refractivity contribution in [1.82, 2.24) is 14.7 Å². The number of rotatable bonds is 5. The molecule has 2 aromatic carbocycles. The van der Waals surface area contributed by atoms with E-state index in [2.05, 4.69) is 45.0 Å². The first-order chi connectivity index (χ1) is 14.5. The Hall–Kier alpha value is -2.25. The molecule has 3 fully saturated rings. The fraction of sp³-hybridized carbons (Fsp3) is 0.458. The molecular formula is C24H29N3O3. The summed E-state index contributed by atoms with van der Waals surface area (Å²) >= 11 is 0. The number of likely N-dealkylation sites (tertiary alicyclic amines) is 1. The van der Waals surface area contributed by atoms with E-state index in [9.17, 15) is 15.0 Å². The standard InChI is InChI=1S/C24H29N3O3/c28-22-10-21-13-25(11-18-5-2-1-3-6-18)15-24(27(21)14-22)16-26(17-24)12-19-7-4-8-20(9-19)23(29)30/h1-9,21-22,28H,10-17H2,(H,29,30)/t21-,22-/m1/s1. The van der Waals surface area contributed by atoms with Crippen LogP contribution in [-0.2, 0) is 13.1 Å².